The third-order valence-corrected chi connectivity index (χ3v) is 5.60. The molecule has 0 spiro atoms. The molecule has 8 heteroatoms. The smallest absolute Gasteiger partial charge is 0.240 e. The van der Waals surface area contributed by atoms with E-state index in [0.717, 1.165) is 37.5 Å². The molecule has 154 valence electrons. The highest BCUT2D eigenvalue weighted by molar-refractivity contribution is 7.89. The van der Waals surface area contributed by atoms with Crippen LogP contribution in [0.1, 0.15) is 39.2 Å². The molecular formula is C19H34N4O3S. The standard InChI is InChI=1S/C19H34N4O3S/c1-5-21-19(23-14-17(10-11-24)12-15(2)3)22-13-16-6-8-18(9-7-16)27(25,26)20-4/h6-9,15,17,20,24H,5,10-14H2,1-4H3,(H2,21,22,23). The number of nitrogens with one attached hydrogen (secondary N) is 3. The average Bonchev–Trinajstić information content (AvgIpc) is 2.64. The van der Waals surface area contributed by atoms with Crippen LogP contribution in [0.15, 0.2) is 34.2 Å². The summed E-state index contributed by atoms with van der Waals surface area (Å²) in [4.78, 5) is 4.81. The van der Waals surface area contributed by atoms with Gasteiger partial charge in [-0.25, -0.2) is 18.1 Å². The van der Waals surface area contributed by atoms with Crippen molar-refractivity contribution in [2.24, 2.45) is 16.8 Å². The van der Waals surface area contributed by atoms with Crippen LogP contribution >= 0.6 is 0 Å². The van der Waals surface area contributed by atoms with Crippen molar-refractivity contribution in [2.75, 3.05) is 26.7 Å². The monoisotopic (exact) mass is 398 g/mol. The van der Waals surface area contributed by atoms with Crippen molar-refractivity contribution in [3.05, 3.63) is 29.8 Å². The highest BCUT2D eigenvalue weighted by Gasteiger charge is 2.12. The van der Waals surface area contributed by atoms with Gasteiger partial charge in [0, 0.05) is 19.7 Å². The van der Waals surface area contributed by atoms with Crippen LogP contribution in [0, 0.1) is 11.8 Å². The highest BCUT2D eigenvalue weighted by Crippen LogP contribution is 2.14. The number of aliphatic hydroxyl groups is 1. The number of guanidine groups is 1. The van der Waals surface area contributed by atoms with Gasteiger partial charge in [-0.2, -0.15) is 0 Å². The van der Waals surface area contributed by atoms with Gasteiger partial charge in [0.15, 0.2) is 5.96 Å². The van der Waals surface area contributed by atoms with Crippen LogP contribution in [0.25, 0.3) is 0 Å². The maximum absolute atomic E-state index is 11.8. The quantitative estimate of drug-likeness (QED) is 0.336. The van der Waals surface area contributed by atoms with E-state index < -0.39 is 10.0 Å². The molecule has 0 amide bonds. The summed E-state index contributed by atoms with van der Waals surface area (Å²) in [5.74, 6) is 1.69. The second-order valence-electron chi connectivity index (χ2n) is 6.94. The second-order valence-corrected chi connectivity index (χ2v) is 8.82. The van der Waals surface area contributed by atoms with Gasteiger partial charge >= 0.3 is 0 Å². The van der Waals surface area contributed by atoms with Crippen LogP contribution in [0.4, 0.5) is 0 Å². The first-order chi connectivity index (χ1) is 12.8. The zero-order chi connectivity index (χ0) is 20.3. The molecule has 0 aliphatic rings. The van der Waals surface area contributed by atoms with Gasteiger partial charge in [0.05, 0.1) is 11.4 Å². The first-order valence-electron chi connectivity index (χ1n) is 9.47. The van der Waals surface area contributed by atoms with Crippen molar-refractivity contribution in [3.8, 4) is 0 Å². The first kappa shape index (κ1) is 23.4. The lowest BCUT2D eigenvalue weighted by Crippen LogP contribution is -2.40. The summed E-state index contributed by atoms with van der Waals surface area (Å²) in [7, 11) is -2.03. The minimum absolute atomic E-state index is 0.189. The summed E-state index contributed by atoms with van der Waals surface area (Å²) in [6.07, 6.45) is 1.82. The summed E-state index contributed by atoms with van der Waals surface area (Å²) in [6, 6.07) is 6.70. The SMILES string of the molecule is CCNC(=NCc1ccc(S(=O)(=O)NC)cc1)NCC(CCO)CC(C)C. The third-order valence-electron chi connectivity index (χ3n) is 4.17. The maximum atomic E-state index is 11.8. The summed E-state index contributed by atoms with van der Waals surface area (Å²) in [6.45, 7) is 8.51. The maximum Gasteiger partial charge on any atom is 0.240 e. The Balaban J connectivity index is 2.72. The largest absolute Gasteiger partial charge is 0.396 e. The minimum atomic E-state index is -3.42. The van der Waals surface area contributed by atoms with E-state index in [0.29, 0.717) is 18.4 Å². The third kappa shape index (κ3) is 8.73. The van der Waals surface area contributed by atoms with E-state index in [1.807, 2.05) is 6.92 Å². The normalized spacial score (nSPS) is 13.6. The van der Waals surface area contributed by atoms with Gasteiger partial charge in [-0.05, 0) is 56.3 Å². The Hall–Kier alpha value is -1.64. The van der Waals surface area contributed by atoms with E-state index in [1.54, 1.807) is 24.3 Å². The van der Waals surface area contributed by atoms with E-state index in [2.05, 4.69) is 34.2 Å². The van der Waals surface area contributed by atoms with Crippen molar-refractivity contribution < 1.29 is 13.5 Å². The van der Waals surface area contributed by atoms with E-state index >= 15 is 0 Å². The molecule has 4 N–H and O–H groups in total. The van der Waals surface area contributed by atoms with E-state index in [9.17, 15) is 13.5 Å². The molecule has 0 radical (unpaired) electrons. The number of nitrogens with zero attached hydrogens (tertiary/aromatic N) is 1. The van der Waals surface area contributed by atoms with Crippen LogP contribution in [0.3, 0.4) is 0 Å². The summed E-state index contributed by atoms with van der Waals surface area (Å²) in [5.41, 5.74) is 0.927. The van der Waals surface area contributed by atoms with Crippen molar-refractivity contribution in [2.45, 2.75) is 45.1 Å². The summed E-state index contributed by atoms with van der Waals surface area (Å²) < 4.78 is 25.8. The number of hydrogen-bond acceptors (Lipinski definition) is 4. The highest BCUT2D eigenvalue weighted by atomic mass is 32.2. The molecule has 0 heterocycles. The Bertz CT molecular complexity index is 673. The zero-order valence-corrected chi connectivity index (χ0v) is 17.6. The van der Waals surface area contributed by atoms with Gasteiger partial charge in [-0.1, -0.05) is 26.0 Å². The number of aliphatic imine (C=N–C) groups is 1. The molecule has 1 aromatic carbocycles. The molecule has 0 aliphatic carbocycles. The second kappa shape index (κ2) is 11.9. The molecule has 1 aromatic rings. The zero-order valence-electron chi connectivity index (χ0n) is 16.8. The molecule has 0 bridgehead atoms. The molecule has 0 aromatic heterocycles. The van der Waals surface area contributed by atoms with Crippen LogP contribution in [-0.4, -0.2) is 46.2 Å². The van der Waals surface area contributed by atoms with Crippen LogP contribution in [0.2, 0.25) is 0 Å². The van der Waals surface area contributed by atoms with Gasteiger partial charge in [-0.3, -0.25) is 0 Å². The molecule has 27 heavy (non-hydrogen) atoms. The number of aliphatic hydroxyl groups excluding tert-OH is 1. The molecular weight excluding hydrogens is 364 g/mol. The van der Waals surface area contributed by atoms with Crippen molar-refractivity contribution in [1.82, 2.24) is 15.4 Å². The molecule has 0 saturated heterocycles. The minimum Gasteiger partial charge on any atom is -0.396 e. The van der Waals surface area contributed by atoms with Gasteiger partial charge < -0.3 is 15.7 Å². The predicted molar refractivity (Wildman–Crippen MR) is 110 cm³/mol. The fourth-order valence-corrected chi connectivity index (χ4v) is 3.53. The first-order valence-corrected chi connectivity index (χ1v) is 11.0. The number of benzene rings is 1. The Kier molecular flexibility index (Phi) is 10.4. The van der Waals surface area contributed by atoms with Gasteiger partial charge in [0.25, 0.3) is 0 Å². The molecule has 1 unspecified atom stereocenters. The summed E-state index contributed by atoms with van der Waals surface area (Å²) >= 11 is 0. The molecule has 0 fully saturated rings. The van der Waals surface area contributed by atoms with Crippen molar-refractivity contribution in [3.63, 3.8) is 0 Å². The topological polar surface area (TPSA) is 103 Å². The Morgan fingerprint density at radius 3 is 2.37 bits per heavy atom. The van der Waals surface area contributed by atoms with E-state index in [1.165, 1.54) is 7.05 Å². The van der Waals surface area contributed by atoms with Crippen LogP contribution in [0.5, 0.6) is 0 Å². The molecule has 1 rings (SSSR count). The average molecular weight is 399 g/mol. The predicted octanol–water partition coefficient (Wildman–Crippen LogP) is 1.69. The fraction of sp³-hybridized carbons (Fsp3) is 0.632. The number of hydrogen-bond donors (Lipinski definition) is 4. The Morgan fingerprint density at radius 1 is 1.19 bits per heavy atom. The van der Waals surface area contributed by atoms with E-state index in [4.69, 9.17) is 0 Å². The Labute approximate surface area is 163 Å². The van der Waals surface area contributed by atoms with Crippen LogP contribution < -0.4 is 15.4 Å². The van der Waals surface area contributed by atoms with Crippen molar-refractivity contribution >= 4 is 16.0 Å². The Morgan fingerprint density at radius 2 is 1.85 bits per heavy atom. The van der Waals surface area contributed by atoms with Gasteiger partial charge in [0.1, 0.15) is 0 Å². The number of rotatable bonds is 11. The van der Waals surface area contributed by atoms with Crippen LogP contribution in [-0.2, 0) is 16.6 Å². The van der Waals surface area contributed by atoms with Crippen molar-refractivity contribution in [1.29, 1.82) is 0 Å². The molecule has 0 aliphatic heterocycles. The van der Waals surface area contributed by atoms with E-state index in [-0.39, 0.29) is 11.5 Å². The summed E-state index contributed by atoms with van der Waals surface area (Å²) in [5, 5.41) is 15.8. The molecule has 1 atom stereocenters. The van der Waals surface area contributed by atoms with Gasteiger partial charge in [-0.15, -0.1) is 0 Å². The van der Waals surface area contributed by atoms with Gasteiger partial charge in [0.2, 0.25) is 10.0 Å². The lowest BCUT2D eigenvalue weighted by atomic mass is 9.94. The molecule has 7 nitrogen and oxygen atoms in total. The lowest BCUT2D eigenvalue weighted by molar-refractivity contribution is 0.243. The number of sulfonamides is 1. The fourth-order valence-electron chi connectivity index (χ4n) is 2.80. The lowest BCUT2D eigenvalue weighted by Gasteiger charge is -2.20. The molecule has 0 saturated carbocycles.